The zero-order valence-corrected chi connectivity index (χ0v) is 14.2. The summed E-state index contributed by atoms with van der Waals surface area (Å²) < 4.78 is 28.3. The van der Waals surface area contributed by atoms with Crippen LogP contribution in [0, 0.1) is 5.92 Å². The van der Waals surface area contributed by atoms with Crippen molar-refractivity contribution in [3.05, 3.63) is 48.1 Å². The molecule has 6 nitrogen and oxygen atoms in total. The van der Waals surface area contributed by atoms with E-state index in [0.29, 0.717) is 23.3 Å². The van der Waals surface area contributed by atoms with Crippen molar-refractivity contribution < 1.29 is 17.6 Å². The Morgan fingerprint density at radius 1 is 1.33 bits per heavy atom. The topological polar surface area (TPSA) is 89.3 Å². The van der Waals surface area contributed by atoms with E-state index < -0.39 is 9.84 Å². The van der Waals surface area contributed by atoms with Crippen LogP contribution in [0.1, 0.15) is 30.8 Å². The molecule has 7 heteroatoms. The molecule has 2 atom stereocenters. The average Bonchev–Trinajstić information content (AvgIpc) is 3.07. The lowest BCUT2D eigenvalue weighted by atomic mass is 10.3. The highest BCUT2D eigenvalue weighted by Gasteiger charge is 2.36. The fourth-order valence-electron chi connectivity index (χ4n) is 2.39. The highest BCUT2D eigenvalue weighted by molar-refractivity contribution is 7.90. The van der Waals surface area contributed by atoms with Crippen LogP contribution in [0.3, 0.4) is 0 Å². The first-order valence-electron chi connectivity index (χ1n) is 7.58. The van der Waals surface area contributed by atoms with Gasteiger partial charge in [0.2, 0.25) is 5.91 Å². The molecule has 0 aliphatic heterocycles. The molecule has 3 rings (SSSR count). The minimum atomic E-state index is -3.35. The van der Waals surface area contributed by atoms with Crippen LogP contribution in [-0.4, -0.2) is 25.6 Å². The molecule has 126 valence electrons. The highest BCUT2D eigenvalue weighted by atomic mass is 32.2. The van der Waals surface area contributed by atoms with Crippen LogP contribution in [0.2, 0.25) is 0 Å². The van der Waals surface area contributed by atoms with Crippen LogP contribution in [0.4, 0.5) is 5.69 Å². The van der Waals surface area contributed by atoms with Crippen molar-refractivity contribution >= 4 is 27.5 Å². The summed E-state index contributed by atoms with van der Waals surface area (Å²) in [6.45, 7) is 2.18. The molecular formula is C17H18N2O4S. The summed E-state index contributed by atoms with van der Waals surface area (Å²) in [5, 5.41) is 2.58. The Hall–Kier alpha value is -2.41. The first-order chi connectivity index (χ1) is 11.3. The molecule has 2 aromatic heterocycles. The van der Waals surface area contributed by atoms with Crippen molar-refractivity contribution in [1.29, 1.82) is 0 Å². The second-order valence-corrected chi connectivity index (χ2v) is 8.00. The number of hydrogen-bond acceptors (Lipinski definition) is 5. The van der Waals surface area contributed by atoms with Gasteiger partial charge in [0.15, 0.2) is 14.9 Å². The molecule has 0 saturated heterocycles. The molecule has 1 saturated carbocycles. The number of anilines is 1. The van der Waals surface area contributed by atoms with E-state index in [1.54, 1.807) is 6.08 Å². The zero-order valence-electron chi connectivity index (χ0n) is 13.4. The van der Waals surface area contributed by atoms with Gasteiger partial charge in [-0.15, -0.1) is 0 Å². The third kappa shape index (κ3) is 3.91. The van der Waals surface area contributed by atoms with Crippen LogP contribution in [-0.2, 0) is 14.6 Å². The second kappa shape index (κ2) is 6.24. The van der Waals surface area contributed by atoms with E-state index in [1.807, 2.05) is 12.1 Å². The summed E-state index contributed by atoms with van der Waals surface area (Å²) in [4.78, 5) is 15.7. The van der Waals surface area contributed by atoms with Gasteiger partial charge in [0, 0.05) is 18.2 Å². The SMILES string of the molecule is CC1CC1c1ccc(/C=C/C(=O)Nc2ccc(S(C)(=O)=O)nc2)o1. The van der Waals surface area contributed by atoms with Gasteiger partial charge in [-0.05, 0) is 42.7 Å². The number of amides is 1. The van der Waals surface area contributed by atoms with Crippen LogP contribution >= 0.6 is 0 Å². The molecule has 1 aliphatic carbocycles. The quantitative estimate of drug-likeness (QED) is 0.841. The van der Waals surface area contributed by atoms with Crippen LogP contribution < -0.4 is 5.32 Å². The molecule has 2 unspecified atom stereocenters. The van der Waals surface area contributed by atoms with Gasteiger partial charge < -0.3 is 9.73 Å². The van der Waals surface area contributed by atoms with Crippen molar-refractivity contribution in [2.75, 3.05) is 11.6 Å². The van der Waals surface area contributed by atoms with E-state index in [-0.39, 0.29) is 10.9 Å². The molecule has 24 heavy (non-hydrogen) atoms. The summed E-state index contributed by atoms with van der Waals surface area (Å²) in [6, 6.07) is 6.63. The lowest BCUT2D eigenvalue weighted by Crippen LogP contribution is -2.08. The fourth-order valence-corrected chi connectivity index (χ4v) is 2.95. The number of aromatic nitrogens is 1. The van der Waals surface area contributed by atoms with Crippen molar-refractivity contribution in [2.24, 2.45) is 5.92 Å². The maximum Gasteiger partial charge on any atom is 0.248 e. The van der Waals surface area contributed by atoms with Gasteiger partial charge in [0.05, 0.1) is 11.9 Å². The van der Waals surface area contributed by atoms with Gasteiger partial charge in [0.25, 0.3) is 0 Å². The number of rotatable bonds is 5. The molecule has 0 bridgehead atoms. The van der Waals surface area contributed by atoms with E-state index >= 15 is 0 Å². The first-order valence-corrected chi connectivity index (χ1v) is 9.47. The fraction of sp³-hybridized carbons (Fsp3) is 0.294. The number of pyridine rings is 1. The molecule has 2 aromatic rings. The summed E-state index contributed by atoms with van der Waals surface area (Å²) in [5.74, 6) is 2.41. The minimum Gasteiger partial charge on any atom is -0.461 e. The van der Waals surface area contributed by atoms with Crippen molar-refractivity contribution in [2.45, 2.75) is 24.3 Å². The molecule has 1 N–H and O–H groups in total. The molecule has 1 aliphatic rings. The van der Waals surface area contributed by atoms with E-state index in [2.05, 4.69) is 17.2 Å². The van der Waals surface area contributed by atoms with E-state index in [9.17, 15) is 13.2 Å². The monoisotopic (exact) mass is 346 g/mol. The standard InChI is InChI=1S/C17H18N2O4S/c1-11-9-14(11)15-6-4-13(23-15)5-7-16(20)19-12-3-8-17(18-10-12)24(2,21)22/h3-8,10-11,14H,9H2,1-2H3,(H,19,20)/b7-5+. The summed E-state index contributed by atoms with van der Waals surface area (Å²) in [6.07, 6.45) is 6.50. The molecule has 1 fully saturated rings. The van der Waals surface area contributed by atoms with Gasteiger partial charge in [0.1, 0.15) is 11.5 Å². The molecule has 2 heterocycles. The highest BCUT2D eigenvalue weighted by Crippen LogP contribution is 2.47. The molecule has 0 radical (unpaired) electrons. The third-order valence-electron chi connectivity index (χ3n) is 3.91. The normalized spacial score (nSPS) is 20.2. The van der Waals surface area contributed by atoms with Gasteiger partial charge in [-0.1, -0.05) is 6.92 Å². The number of furan rings is 1. The van der Waals surface area contributed by atoms with Gasteiger partial charge in [-0.3, -0.25) is 4.79 Å². The Kier molecular flexibility index (Phi) is 4.28. The summed E-state index contributed by atoms with van der Waals surface area (Å²) >= 11 is 0. The number of sulfone groups is 1. The van der Waals surface area contributed by atoms with Gasteiger partial charge in [-0.2, -0.15) is 0 Å². The number of carbonyl (C=O) groups is 1. The Bertz CT molecular complexity index is 882. The predicted octanol–water partition coefficient (Wildman–Crippen LogP) is 2.85. The Morgan fingerprint density at radius 2 is 2.08 bits per heavy atom. The lowest BCUT2D eigenvalue weighted by Gasteiger charge is -2.02. The summed E-state index contributed by atoms with van der Waals surface area (Å²) in [5.41, 5.74) is 0.420. The van der Waals surface area contributed by atoms with Crippen molar-refractivity contribution in [3.8, 4) is 0 Å². The number of nitrogens with one attached hydrogen (secondary N) is 1. The smallest absolute Gasteiger partial charge is 0.248 e. The Labute approximate surface area is 140 Å². The van der Waals surface area contributed by atoms with Gasteiger partial charge >= 0.3 is 0 Å². The number of nitrogens with zero attached hydrogens (tertiary/aromatic N) is 1. The number of carbonyl (C=O) groups excluding carboxylic acids is 1. The Balaban J connectivity index is 1.60. The van der Waals surface area contributed by atoms with Gasteiger partial charge in [-0.25, -0.2) is 13.4 Å². The largest absolute Gasteiger partial charge is 0.461 e. The molecule has 1 amide bonds. The van der Waals surface area contributed by atoms with E-state index in [4.69, 9.17) is 4.42 Å². The number of hydrogen-bond donors (Lipinski definition) is 1. The van der Waals surface area contributed by atoms with Crippen molar-refractivity contribution in [1.82, 2.24) is 4.98 Å². The lowest BCUT2D eigenvalue weighted by molar-refractivity contribution is -0.111. The Morgan fingerprint density at radius 3 is 2.67 bits per heavy atom. The average molecular weight is 346 g/mol. The molecular weight excluding hydrogens is 328 g/mol. The molecule has 0 spiro atoms. The summed E-state index contributed by atoms with van der Waals surface area (Å²) in [7, 11) is -3.35. The molecule has 0 aromatic carbocycles. The van der Waals surface area contributed by atoms with Crippen LogP contribution in [0.5, 0.6) is 0 Å². The van der Waals surface area contributed by atoms with Crippen LogP contribution in [0.25, 0.3) is 6.08 Å². The zero-order chi connectivity index (χ0) is 17.3. The second-order valence-electron chi connectivity index (χ2n) is 6.04. The van der Waals surface area contributed by atoms with Crippen LogP contribution in [0.15, 0.2) is 46.0 Å². The maximum atomic E-state index is 11.9. The first kappa shape index (κ1) is 16.4. The third-order valence-corrected chi connectivity index (χ3v) is 4.91. The van der Waals surface area contributed by atoms with E-state index in [0.717, 1.165) is 18.4 Å². The van der Waals surface area contributed by atoms with Crippen molar-refractivity contribution in [3.63, 3.8) is 0 Å². The van der Waals surface area contributed by atoms with E-state index in [1.165, 1.54) is 24.4 Å². The predicted molar refractivity (Wildman–Crippen MR) is 90.2 cm³/mol. The minimum absolute atomic E-state index is 0.0338. The maximum absolute atomic E-state index is 11.9.